The van der Waals surface area contributed by atoms with Gasteiger partial charge in [0, 0.05) is 6.08 Å². The summed E-state index contributed by atoms with van der Waals surface area (Å²) in [5.74, 6) is -0.333. The Morgan fingerprint density at radius 3 is 2.65 bits per heavy atom. The number of unbranched alkanes of at least 4 members (excludes halogenated alkanes) is 2. The zero-order valence-electron chi connectivity index (χ0n) is 15.2. The molecule has 2 heteroatoms. The Morgan fingerprint density at radius 2 is 1.85 bits per heavy atom. The maximum atomic E-state index is 11.0. The highest BCUT2D eigenvalue weighted by molar-refractivity contribution is 5.85. The van der Waals surface area contributed by atoms with Gasteiger partial charge in [-0.25, -0.2) is 4.79 Å². The lowest BCUT2D eigenvalue weighted by molar-refractivity contribution is -0.137. The molecule has 134 valence electrons. The lowest BCUT2D eigenvalue weighted by Gasteiger charge is -2.20. The largest absolute Gasteiger partial charge is 0.463 e. The fourth-order valence-corrected chi connectivity index (χ4v) is 3.51. The minimum atomic E-state index is -0.333. The van der Waals surface area contributed by atoms with Crippen molar-refractivity contribution in [2.24, 2.45) is 0 Å². The summed E-state index contributed by atoms with van der Waals surface area (Å²) in [4.78, 5) is 11.0. The van der Waals surface area contributed by atoms with Gasteiger partial charge in [0.2, 0.25) is 0 Å². The molecule has 0 radical (unpaired) electrons. The van der Waals surface area contributed by atoms with Gasteiger partial charge in [-0.2, -0.15) is 0 Å². The van der Waals surface area contributed by atoms with E-state index in [9.17, 15) is 4.79 Å². The van der Waals surface area contributed by atoms with E-state index in [-0.39, 0.29) is 5.97 Å². The van der Waals surface area contributed by atoms with Crippen LogP contribution in [0.5, 0.6) is 0 Å². The quantitative estimate of drug-likeness (QED) is 0.352. The molecule has 0 unspecified atom stereocenters. The predicted octanol–water partition coefficient (Wildman–Crippen LogP) is 5.62. The topological polar surface area (TPSA) is 26.3 Å². The number of aryl methyl sites for hydroxylation is 2. The number of benzene rings is 2. The van der Waals surface area contributed by atoms with E-state index in [2.05, 4.69) is 61.2 Å². The number of carbonyl (C=O) groups is 1. The average Bonchev–Trinajstić information content (AvgIpc) is 2.70. The molecule has 1 aliphatic carbocycles. The van der Waals surface area contributed by atoms with Gasteiger partial charge >= 0.3 is 5.97 Å². The molecule has 0 atom stereocenters. The summed E-state index contributed by atoms with van der Waals surface area (Å²) in [7, 11) is 0. The SMILES string of the molecule is C=CC(=O)OCCCCCc1cccc2c1C=C(c1ccccc1)CC2. The van der Waals surface area contributed by atoms with E-state index in [1.165, 1.54) is 33.9 Å². The molecule has 0 amide bonds. The van der Waals surface area contributed by atoms with Crippen LogP contribution in [0.4, 0.5) is 0 Å². The van der Waals surface area contributed by atoms with Gasteiger partial charge in [-0.15, -0.1) is 0 Å². The minimum Gasteiger partial charge on any atom is -0.463 e. The van der Waals surface area contributed by atoms with Gasteiger partial charge in [0.15, 0.2) is 0 Å². The maximum absolute atomic E-state index is 11.0. The number of esters is 1. The van der Waals surface area contributed by atoms with Gasteiger partial charge in [-0.1, -0.05) is 61.2 Å². The highest BCUT2D eigenvalue weighted by Crippen LogP contribution is 2.32. The third-order valence-corrected chi connectivity index (χ3v) is 4.91. The monoisotopic (exact) mass is 346 g/mol. The Hall–Kier alpha value is -2.61. The van der Waals surface area contributed by atoms with Crippen LogP contribution in [0, 0.1) is 0 Å². The second-order valence-electron chi connectivity index (χ2n) is 6.71. The molecule has 2 aromatic rings. The fraction of sp³-hybridized carbons (Fsp3) is 0.292. The molecule has 0 fully saturated rings. The molecule has 0 bridgehead atoms. The van der Waals surface area contributed by atoms with Crippen molar-refractivity contribution in [2.75, 3.05) is 6.61 Å². The van der Waals surface area contributed by atoms with E-state index in [1.807, 2.05) is 0 Å². The number of ether oxygens (including phenoxy) is 1. The average molecular weight is 346 g/mol. The van der Waals surface area contributed by atoms with Crippen LogP contribution < -0.4 is 0 Å². The van der Waals surface area contributed by atoms with Crippen molar-refractivity contribution in [1.82, 2.24) is 0 Å². The van der Waals surface area contributed by atoms with Crippen LogP contribution in [0.15, 0.2) is 61.2 Å². The Balaban J connectivity index is 1.61. The van der Waals surface area contributed by atoms with Crippen molar-refractivity contribution < 1.29 is 9.53 Å². The molecule has 2 nitrogen and oxygen atoms in total. The first-order valence-corrected chi connectivity index (χ1v) is 9.44. The van der Waals surface area contributed by atoms with Gasteiger partial charge in [0.25, 0.3) is 0 Å². The zero-order valence-corrected chi connectivity index (χ0v) is 15.2. The third kappa shape index (κ3) is 4.72. The van der Waals surface area contributed by atoms with E-state index in [0.717, 1.165) is 38.5 Å². The van der Waals surface area contributed by atoms with Gasteiger partial charge in [-0.3, -0.25) is 0 Å². The Bertz CT molecular complexity index is 787. The van der Waals surface area contributed by atoms with Crippen LogP contribution in [-0.2, 0) is 22.4 Å². The molecular formula is C24H26O2. The Morgan fingerprint density at radius 1 is 1.00 bits per heavy atom. The molecular weight excluding hydrogens is 320 g/mol. The maximum Gasteiger partial charge on any atom is 0.330 e. The van der Waals surface area contributed by atoms with Crippen LogP contribution in [0.25, 0.3) is 11.6 Å². The molecule has 0 heterocycles. The highest BCUT2D eigenvalue weighted by atomic mass is 16.5. The highest BCUT2D eigenvalue weighted by Gasteiger charge is 2.14. The van der Waals surface area contributed by atoms with Crippen LogP contribution in [0.2, 0.25) is 0 Å². The summed E-state index contributed by atoms with van der Waals surface area (Å²) in [5, 5.41) is 0. The first kappa shape index (κ1) is 18.2. The summed E-state index contributed by atoms with van der Waals surface area (Å²) in [6, 6.07) is 17.4. The smallest absolute Gasteiger partial charge is 0.330 e. The Labute approximate surface area is 156 Å². The molecule has 0 N–H and O–H groups in total. The minimum absolute atomic E-state index is 0.333. The molecule has 2 aromatic carbocycles. The van der Waals surface area contributed by atoms with Gasteiger partial charge < -0.3 is 4.74 Å². The van der Waals surface area contributed by atoms with Crippen LogP contribution in [0.3, 0.4) is 0 Å². The molecule has 3 rings (SSSR count). The van der Waals surface area contributed by atoms with E-state index < -0.39 is 0 Å². The fourth-order valence-electron chi connectivity index (χ4n) is 3.51. The second kappa shape index (κ2) is 9.19. The van der Waals surface area contributed by atoms with Crippen molar-refractivity contribution in [3.8, 4) is 0 Å². The Kier molecular flexibility index (Phi) is 6.43. The molecule has 1 aliphatic rings. The van der Waals surface area contributed by atoms with Crippen molar-refractivity contribution in [1.29, 1.82) is 0 Å². The number of allylic oxidation sites excluding steroid dienone is 1. The number of hydrogen-bond donors (Lipinski definition) is 0. The zero-order chi connectivity index (χ0) is 18.2. The molecule has 0 aliphatic heterocycles. The van der Waals surface area contributed by atoms with E-state index in [1.54, 1.807) is 0 Å². The molecule has 0 spiro atoms. The van der Waals surface area contributed by atoms with E-state index >= 15 is 0 Å². The number of hydrogen-bond acceptors (Lipinski definition) is 2. The summed E-state index contributed by atoms with van der Waals surface area (Å²) in [6.45, 7) is 3.89. The van der Waals surface area contributed by atoms with Crippen molar-refractivity contribution in [3.05, 3.63) is 83.4 Å². The summed E-state index contributed by atoms with van der Waals surface area (Å²) < 4.78 is 5.03. The molecule has 0 saturated carbocycles. The molecule has 0 aromatic heterocycles. The number of fused-ring (bicyclic) bond motifs is 1. The normalized spacial score (nSPS) is 12.8. The molecule has 0 saturated heterocycles. The van der Waals surface area contributed by atoms with E-state index in [0.29, 0.717) is 6.61 Å². The van der Waals surface area contributed by atoms with Crippen LogP contribution >= 0.6 is 0 Å². The number of rotatable bonds is 8. The predicted molar refractivity (Wildman–Crippen MR) is 108 cm³/mol. The summed E-state index contributed by atoms with van der Waals surface area (Å²) in [6.07, 6.45) is 9.95. The third-order valence-electron chi connectivity index (χ3n) is 4.91. The van der Waals surface area contributed by atoms with Crippen LogP contribution in [0.1, 0.15) is 47.9 Å². The van der Waals surface area contributed by atoms with Gasteiger partial charge in [0.05, 0.1) is 6.61 Å². The summed E-state index contributed by atoms with van der Waals surface area (Å²) >= 11 is 0. The van der Waals surface area contributed by atoms with Gasteiger partial charge in [-0.05, 0) is 66.4 Å². The number of carbonyl (C=O) groups excluding carboxylic acids is 1. The second-order valence-corrected chi connectivity index (χ2v) is 6.71. The molecule has 26 heavy (non-hydrogen) atoms. The van der Waals surface area contributed by atoms with Gasteiger partial charge in [0.1, 0.15) is 0 Å². The van der Waals surface area contributed by atoms with Crippen molar-refractivity contribution in [3.63, 3.8) is 0 Å². The van der Waals surface area contributed by atoms with Crippen molar-refractivity contribution in [2.45, 2.75) is 38.5 Å². The summed E-state index contributed by atoms with van der Waals surface area (Å²) in [5.41, 5.74) is 7.07. The lowest BCUT2D eigenvalue weighted by atomic mass is 9.85. The van der Waals surface area contributed by atoms with Crippen LogP contribution in [-0.4, -0.2) is 12.6 Å². The standard InChI is InChI=1S/C24H26O2/c1-2-24(25)26-17-8-4-7-12-20-13-9-14-21-15-16-22(18-23(20)21)19-10-5-3-6-11-19/h2-3,5-6,9-11,13-14,18H,1,4,7-8,12,15-17H2. The lowest BCUT2D eigenvalue weighted by Crippen LogP contribution is -2.04. The first-order valence-electron chi connectivity index (χ1n) is 9.44. The first-order chi connectivity index (χ1) is 12.8. The van der Waals surface area contributed by atoms with E-state index in [4.69, 9.17) is 4.74 Å². The van der Waals surface area contributed by atoms with Crippen molar-refractivity contribution >= 4 is 17.6 Å².